The first-order chi connectivity index (χ1) is 17.5. The Kier molecular flexibility index (Phi) is 7.65. The lowest BCUT2D eigenvalue weighted by atomic mass is 10.1. The molecule has 4 rings (SSSR count). The molecule has 0 aliphatic carbocycles. The number of anilines is 2. The predicted octanol–water partition coefficient (Wildman–Crippen LogP) is 3.21. The average molecular weight is 528 g/mol. The van der Waals surface area contributed by atoms with E-state index in [0.29, 0.717) is 11.3 Å². The van der Waals surface area contributed by atoms with Crippen LogP contribution in [0.4, 0.5) is 16.2 Å². The summed E-state index contributed by atoms with van der Waals surface area (Å²) in [6.07, 6.45) is 1.15. The van der Waals surface area contributed by atoms with E-state index in [0.717, 1.165) is 37.3 Å². The average Bonchev–Trinajstić information content (AvgIpc) is 3.13. The zero-order valence-electron chi connectivity index (χ0n) is 21.5. The number of rotatable bonds is 5. The first-order valence-corrected chi connectivity index (χ1v) is 12.3. The molecule has 37 heavy (non-hydrogen) atoms. The maximum atomic E-state index is 13.3. The Hall–Kier alpha value is -3.70. The number of piperazine rings is 1. The number of carbonyl (C=O) groups excluding carboxylic acids is 3. The third-order valence-corrected chi connectivity index (χ3v) is 6.41. The van der Waals surface area contributed by atoms with Crippen molar-refractivity contribution in [2.75, 3.05) is 43.4 Å². The molecule has 11 nitrogen and oxygen atoms in total. The van der Waals surface area contributed by atoms with Crippen LogP contribution in [0.2, 0.25) is 5.02 Å². The van der Waals surface area contributed by atoms with Crippen LogP contribution in [0.15, 0.2) is 24.4 Å². The van der Waals surface area contributed by atoms with E-state index in [-0.39, 0.29) is 27.9 Å². The molecule has 2 aromatic heterocycles. The zero-order valence-corrected chi connectivity index (χ0v) is 22.2. The number of imide groups is 1. The van der Waals surface area contributed by atoms with Crippen LogP contribution in [0, 0.1) is 6.92 Å². The van der Waals surface area contributed by atoms with Crippen molar-refractivity contribution in [3.8, 4) is 0 Å². The minimum absolute atomic E-state index is 0.110. The lowest BCUT2D eigenvalue weighted by molar-refractivity contribution is 0.0378. The highest BCUT2D eigenvalue weighted by molar-refractivity contribution is 6.33. The molecule has 3 aromatic rings. The summed E-state index contributed by atoms with van der Waals surface area (Å²) in [4.78, 5) is 47.2. The maximum absolute atomic E-state index is 13.3. The molecule has 0 radical (unpaired) electrons. The third-order valence-electron chi connectivity index (χ3n) is 6.08. The number of pyridine rings is 1. The van der Waals surface area contributed by atoms with Crippen LogP contribution in [-0.2, 0) is 11.8 Å². The second-order valence-electron chi connectivity index (χ2n) is 9.28. The molecule has 0 saturated carbocycles. The highest BCUT2D eigenvalue weighted by atomic mass is 35.5. The van der Waals surface area contributed by atoms with E-state index in [1.807, 2.05) is 6.92 Å². The molecular formula is C25H30ClN7O4. The molecule has 0 unspecified atom stereocenters. The van der Waals surface area contributed by atoms with E-state index in [1.165, 1.54) is 24.4 Å². The van der Waals surface area contributed by atoms with Gasteiger partial charge in [0.15, 0.2) is 5.65 Å². The highest BCUT2D eigenvalue weighted by Crippen LogP contribution is 2.32. The maximum Gasteiger partial charge on any atom is 0.339 e. The smallest absolute Gasteiger partial charge is 0.339 e. The van der Waals surface area contributed by atoms with E-state index in [4.69, 9.17) is 16.3 Å². The summed E-state index contributed by atoms with van der Waals surface area (Å²) in [5.74, 6) is -1.21. The fraction of sp³-hybridized carbons (Fsp3) is 0.400. The molecule has 196 valence electrons. The summed E-state index contributed by atoms with van der Waals surface area (Å²) >= 11 is 6.13. The zero-order chi connectivity index (χ0) is 26.9. The van der Waals surface area contributed by atoms with Gasteiger partial charge < -0.3 is 19.9 Å². The molecule has 0 spiro atoms. The number of nitrogens with one attached hydrogen (secondary N) is 2. The minimum Gasteiger partial charge on any atom is -0.459 e. The van der Waals surface area contributed by atoms with Gasteiger partial charge >= 0.3 is 12.0 Å². The number of esters is 1. The van der Waals surface area contributed by atoms with Gasteiger partial charge in [0.05, 0.1) is 39.0 Å². The van der Waals surface area contributed by atoms with Gasteiger partial charge in [-0.25, -0.2) is 14.6 Å². The van der Waals surface area contributed by atoms with Crippen LogP contribution < -0.4 is 15.5 Å². The van der Waals surface area contributed by atoms with E-state index in [9.17, 15) is 14.4 Å². The predicted molar refractivity (Wildman–Crippen MR) is 141 cm³/mol. The lowest BCUT2D eigenvalue weighted by Crippen LogP contribution is -2.45. The molecule has 1 aromatic carbocycles. The quantitative estimate of drug-likeness (QED) is 0.485. The van der Waals surface area contributed by atoms with Crippen LogP contribution in [0.25, 0.3) is 11.0 Å². The molecular weight excluding hydrogens is 498 g/mol. The van der Waals surface area contributed by atoms with Gasteiger partial charge in [0.25, 0.3) is 5.91 Å². The molecule has 1 fully saturated rings. The van der Waals surface area contributed by atoms with Gasteiger partial charge in [-0.1, -0.05) is 11.6 Å². The number of likely N-dealkylation sites (N-methyl/N-ethyl adjacent to an activating group) is 1. The molecule has 0 bridgehead atoms. The fourth-order valence-corrected chi connectivity index (χ4v) is 4.48. The summed E-state index contributed by atoms with van der Waals surface area (Å²) in [6, 6.07) is 3.65. The molecule has 1 aliphatic rings. The Labute approximate surface area is 219 Å². The number of fused-ring (bicyclic) bond motifs is 1. The molecule has 2 N–H and O–H groups in total. The highest BCUT2D eigenvalue weighted by Gasteiger charge is 2.27. The SMILES string of the molecule is Cc1nn(C)c2ncc(C(=O)NC(=O)Nc3ccc(Cl)c(C(=O)OC(C)C)c3)c(N3CCN(C)CC3)c12. The van der Waals surface area contributed by atoms with Gasteiger partial charge in [0.1, 0.15) is 0 Å². The van der Waals surface area contributed by atoms with E-state index < -0.39 is 17.9 Å². The lowest BCUT2D eigenvalue weighted by Gasteiger charge is -2.35. The number of ether oxygens (including phenoxy) is 1. The number of nitrogens with zero attached hydrogens (tertiary/aromatic N) is 5. The number of hydrogen-bond donors (Lipinski definition) is 2. The number of hydrogen-bond acceptors (Lipinski definition) is 8. The standard InChI is InChI=1S/C25H30ClN7O4/c1-14(2)37-24(35)17-12-16(6-7-19(17)26)28-25(36)29-23(34)18-13-27-22-20(15(3)30-32(22)5)21(18)33-10-8-31(4)9-11-33/h6-7,12-14H,8-11H2,1-5H3,(H2,28,29,34,36). The third kappa shape index (κ3) is 5.67. The Balaban J connectivity index is 1.58. The van der Waals surface area contributed by atoms with Crippen molar-refractivity contribution in [2.24, 2.45) is 7.05 Å². The summed E-state index contributed by atoms with van der Waals surface area (Å²) in [7, 11) is 3.86. The number of amides is 3. The van der Waals surface area contributed by atoms with E-state index in [2.05, 4.69) is 37.6 Å². The first kappa shape index (κ1) is 26.4. The second kappa shape index (κ2) is 10.7. The van der Waals surface area contributed by atoms with Gasteiger partial charge in [-0.05, 0) is 46.0 Å². The van der Waals surface area contributed by atoms with Crippen molar-refractivity contribution in [3.63, 3.8) is 0 Å². The monoisotopic (exact) mass is 527 g/mol. The summed E-state index contributed by atoms with van der Waals surface area (Å²) < 4.78 is 6.88. The van der Waals surface area contributed by atoms with Crippen molar-refractivity contribution >= 4 is 51.9 Å². The molecule has 12 heteroatoms. The van der Waals surface area contributed by atoms with Gasteiger partial charge in [-0.15, -0.1) is 0 Å². The topological polar surface area (TPSA) is 122 Å². The largest absolute Gasteiger partial charge is 0.459 e. The van der Waals surface area contributed by atoms with Crippen molar-refractivity contribution in [1.82, 2.24) is 25.0 Å². The Bertz CT molecular complexity index is 1360. The van der Waals surface area contributed by atoms with Crippen molar-refractivity contribution in [1.29, 1.82) is 0 Å². The second-order valence-corrected chi connectivity index (χ2v) is 9.68. The van der Waals surface area contributed by atoms with Crippen molar-refractivity contribution < 1.29 is 19.1 Å². The van der Waals surface area contributed by atoms with Gasteiger partial charge in [0, 0.05) is 45.1 Å². The van der Waals surface area contributed by atoms with Crippen LogP contribution in [-0.4, -0.2) is 76.9 Å². The van der Waals surface area contributed by atoms with Gasteiger partial charge in [0.2, 0.25) is 0 Å². The Morgan fingerprint density at radius 2 is 1.78 bits per heavy atom. The minimum atomic E-state index is -0.761. The van der Waals surface area contributed by atoms with Crippen molar-refractivity contribution in [2.45, 2.75) is 26.9 Å². The number of benzene rings is 1. The number of aromatic nitrogens is 3. The molecule has 3 heterocycles. The van der Waals surface area contributed by atoms with E-state index >= 15 is 0 Å². The summed E-state index contributed by atoms with van der Waals surface area (Å²) in [6.45, 7) is 8.43. The molecule has 3 amide bonds. The molecule has 0 atom stereocenters. The Morgan fingerprint density at radius 1 is 1.08 bits per heavy atom. The van der Waals surface area contributed by atoms with Gasteiger partial charge in [-0.2, -0.15) is 5.10 Å². The Morgan fingerprint density at radius 3 is 2.46 bits per heavy atom. The number of urea groups is 1. The van der Waals surface area contributed by atoms with Crippen LogP contribution in [0.5, 0.6) is 0 Å². The normalized spacial score (nSPS) is 14.2. The molecule has 1 saturated heterocycles. The number of aryl methyl sites for hydroxylation is 2. The summed E-state index contributed by atoms with van der Waals surface area (Å²) in [5.41, 5.74) is 2.79. The van der Waals surface area contributed by atoms with Crippen LogP contribution in [0.3, 0.4) is 0 Å². The molecule has 1 aliphatic heterocycles. The fourth-order valence-electron chi connectivity index (χ4n) is 4.29. The van der Waals surface area contributed by atoms with Gasteiger partial charge in [-0.3, -0.25) is 14.8 Å². The number of halogens is 1. The van der Waals surface area contributed by atoms with Crippen molar-refractivity contribution in [3.05, 3.63) is 46.2 Å². The van der Waals surface area contributed by atoms with E-state index in [1.54, 1.807) is 25.6 Å². The first-order valence-electron chi connectivity index (χ1n) is 11.9. The van der Waals surface area contributed by atoms with Crippen LogP contribution >= 0.6 is 11.6 Å². The van der Waals surface area contributed by atoms with Crippen LogP contribution in [0.1, 0.15) is 40.3 Å². The number of carbonyl (C=O) groups is 3. The summed E-state index contributed by atoms with van der Waals surface area (Å²) in [5, 5.41) is 10.4.